The lowest BCUT2D eigenvalue weighted by Gasteiger charge is -2.29. The molecular formula is C15H22BrN3O2. The molecule has 0 bridgehead atoms. The number of hydrogen-bond donors (Lipinski definition) is 1. The third kappa shape index (κ3) is 4.41. The Morgan fingerprint density at radius 1 is 1.52 bits per heavy atom. The summed E-state index contributed by atoms with van der Waals surface area (Å²) in [4.78, 5) is 13.2. The van der Waals surface area contributed by atoms with Gasteiger partial charge in [-0.05, 0) is 37.4 Å². The maximum Gasteiger partial charge on any atom is 0.292 e. The molecule has 1 fully saturated rings. The summed E-state index contributed by atoms with van der Waals surface area (Å²) in [5.41, 5.74) is 0.883. The lowest BCUT2D eigenvalue weighted by atomic mass is 10.1. The van der Waals surface area contributed by atoms with Crippen LogP contribution in [-0.2, 0) is 0 Å². The second-order valence-corrected chi connectivity index (χ2v) is 6.90. The summed E-state index contributed by atoms with van der Waals surface area (Å²) in [6, 6.07) is 5.58. The van der Waals surface area contributed by atoms with Crippen LogP contribution >= 0.6 is 15.9 Å². The minimum atomic E-state index is -0.294. The van der Waals surface area contributed by atoms with E-state index < -0.39 is 0 Å². The van der Waals surface area contributed by atoms with Gasteiger partial charge in [-0.15, -0.1) is 0 Å². The zero-order valence-electron chi connectivity index (χ0n) is 12.5. The van der Waals surface area contributed by atoms with Crippen LogP contribution in [0.5, 0.6) is 0 Å². The SMILES string of the molecule is CC(C)CN(CC1CCCN1)c1cc(Br)ccc1[N+](=O)[O-]. The Kier molecular flexibility index (Phi) is 5.58. The summed E-state index contributed by atoms with van der Waals surface area (Å²) in [6.45, 7) is 6.95. The Labute approximate surface area is 134 Å². The van der Waals surface area contributed by atoms with Crippen LogP contribution in [0.4, 0.5) is 11.4 Å². The van der Waals surface area contributed by atoms with Gasteiger partial charge in [-0.1, -0.05) is 29.8 Å². The van der Waals surface area contributed by atoms with Gasteiger partial charge in [-0.3, -0.25) is 10.1 Å². The highest BCUT2D eigenvalue weighted by Gasteiger charge is 2.24. The number of benzene rings is 1. The molecule has 1 aromatic rings. The molecule has 5 nitrogen and oxygen atoms in total. The van der Waals surface area contributed by atoms with Crippen LogP contribution in [0.25, 0.3) is 0 Å². The fourth-order valence-electron chi connectivity index (χ4n) is 2.79. The van der Waals surface area contributed by atoms with Crippen molar-refractivity contribution in [1.82, 2.24) is 5.32 Å². The smallest absolute Gasteiger partial charge is 0.292 e. The number of halogens is 1. The predicted molar refractivity (Wildman–Crippen MR) is 88.9 cm³/mol. The summed E-state index contributed by atoms with van der Waals surface area (Å²) < 4.78 is 0.872. The highest BCUT2D eigenvalue weighted by atomic mass is 79.9. The van der Waals surface area contributed by atoms with Crippen molar-refractivity contribution in [2.75, 3.05) is 24.5 Å². The van der Waals surface area contributed by atoms with E-state index in [1.54, 1.807) is 12.1 Å². The van der Waals surface area contributed by atoms with Crippen LogP contribution < -0.4 is 10.2 Å². The van der Waals surface area contributed by atoms with E-state index in [0.717, 1.165) is 30.5 Å². The fraction of sp³-hybridized carbons (Fsp3) is 0.600. The van der Waals surface area contributed by atoms with Crippen LogP contribution in [0.2, 0.25) is 0 Å². The van der Waals surface area contributed by atoms with Gasteiger partial charge in [0.2, 0.25) is 0 Å². The molecule has 0 saturated carbocycles. The van der Waals surface area contributed by atoms with E-state index in [-0.39, 0.29) is 10.6 Å². The third-order valence-electron chi connectivity index (χ3n) is 3.66. The molecule has 1 atom stereocenters. The summed E-state index contributed by atoms with van der Waals surface area (Å²) in [7, 11) is 0. The average molecular weight is 356 g/mol. The largest absolute Gasteiger partial charge is 0.364 e. The first-order valence-corrected chi connectivity index (χ1v) is 8.19. The van der Waals surface area contributed by atoms with E-state index in [1.165, 1.54) is 6.42 Å². The number of hydrogen-bond acceptors (Lipinski definition) is 4. The monoisotopic (exact) mass is 355 g/mol. The van der Waals surface area contributed by atoms with Crippen molar-refractivity contribution >= 4 is 27.3 Å². The van der Waals surface area contributed by atoms with Gasteiger partial charge in [0, 0.05) is 29.7 Å². The van der Waals surface area contributed by atoms with Crippen LogP contribution in [0.15, 0.2) is 22.7 Å². The number of nitro groups is 1. The second-order valence-electron chi connectivity index (χ2n) is 5.98. The Balaban J connectivity index is 2.29. The molecule has 1 aliphatic rings. The maximum atomic E-state index is 11.3. The zero-order valence-corrected chi connectivity index (χ0v) is 14.1. The Morgan fingerprint density at radius 2 is 2.29 bits per heavy atom. The molecule has 0 spiro atoms. The number of nitrogens with one attached hydrogen (secondary N) is 1. The lowest BCUT2D eigenvalue weighted by molar-refractivity contribution is -0.384. The predicted octanol–water partition coefficient (Wildman–Crippen LogP) is 3.57. The summed E-state index contributed by atoms with van der Waals surface area (Å²) >= 11 is 3.43. The van der Waals surface area contributed by atoms with Gasteiger partial charge < -0.3 is 10.2 Å². The van der Waals surface area contributed by atoms with Crippen LogP contribution in [-0.4, -0.2) is 30.6 Å². The molecule has 1 saturated heterocycles. The molecule has 0 amide bonds. The second kappa shape index (κ2) is 7.22. The van der Waals surface area contributed by atoms with Crippen molar-refractivity contribution < 1.29 is 4.92 Å². The molecule has 0 radical (unpaired) electrons. The van der Waals surface area contributed by atoms with Gasteiger partial charge in [0.1, 0.15) is 5.69 Å². The van der Waals surface area contributed by atoms with E-state index in [0.29, 0.717) is 17.6 Å². The van der Waals surface area contributed by atoms with Gasteiger partial charge >= 0.3 is 0 Å². The van der Waals surface area contributed by atoms with Gasteiger partial charge in [0.15, 0.2) is 0 Å². The quantitative estimate of drug-likeness (QED) is 0.625. The molecule has 1 aliphatic heterocycles. The van der Waals surface area contributed by atoms with Crippen molar-refractivity contribution in [3.8, 4) is 0 Å². The van der Waals surface area contributed by atoms with Crippen LogP contribution in [0, 0.1) is 16.0 Å². The minimum Gasteiger partial charge on any atom is -0.364 e. The van der Waals surface area contributed by atoms with E-state index >= 15 is 0 Å². The number of anilines is 1. The molecule has 0 aliphatic carbocycles. The molecule has 0 aromatic heterocycles. The molecule has 116 valence electrons. The molecule has 6 heteroatoms. The van der Waals surface area contributed by atoms with Gasteiger partial charge in [0.25, 0.3) is 5.69 Å². The van der Waals surface area contributed by atoms with Crippen molar-refractivity contribution in [3.63, 3.8) is 0 Å². The summed E-state index contributed by atoms with van der Waals surface area (Å²) in [5.74, 6) is 0.449. The van der Waals surface area contributed by atoms with Crippen LogP contribution in [0.3, 0.4) is 0 Å². The normalized spacial score (nSPS) is 18.2. The third-order valence-corrected chi connectivity index (χ3v) is 4.16. The first kappa shape index (κ1) is 16.2. The molecular weight excluding hydrogens is 334 g/mol. The lowest BCUT2D eigenvalue weighted by Crippen LogP contribution is -2.39. The topological polar surface area (TPSA) is 58.4 Å². The fourth-order valence-corrected chi connectivity index (χ4v) is 3.14. The van der Waals surface area contributed by atoms with Gasteiger partial charge in [0.05, 0.1) is 4.92 Å². The summed E-state index contributed by atoms with van der Waals surface area (Å²) in [5, 5.41) is 14.8. The molecule has 21 heavy (non-hydrogen) atoms. The molecule has 1 aromatic carbocycles. The highest BCUT2D eigenvalue weighted by Crippen LogP contribution is 2.32. The Bertz CT molecular complexity index is 502. The zero-order chi connectivity index (χ0) is 15.4. The first-order valence-electron chi connectivity index (χ1n) is 7.39. The van der Waals surface area contributed by atoms with Crippen molar-refractivity contribution in [2.24, 2.45) is 5.92 Å². The van der Waals surface area contributed by atoms with Gasteiger partial charge in [-0.25, -0.2) is 0 Å². The Morgan fingerprint density at radius 3 is 2.86 bits per heavy atom. The standard InChI is InChI=1S/C15H22BrN3O2/c1-11(2)9-18(10-13-4-3-7-17-13)15-8-12(16)5-6-14(15)19(20)21/h5-6,8,11,13,17H,3-4,7,9-10H2,1-2H3. The molecule has 1 unspecified atom stereocenters. The van der Waals surface area contributed by atoms with Gasteiger partial charge in [-0.2, -0.15) is 0 Å². The Hall–Kier alpha value is -1.14. The first-order chi connectivity index (χ1) is 9.97. The molecule has 1 heterocycles. The summed E-state index contributed by atoms with van der Waals surface area (Å²) in [6.07, 6.45) is 2.32. The van der Waals surface area contributed by atoms with E-state index in [2.05, 4.69) is 40.0 Å². The number of rotatable bonds is 6. The molecule has 1 N–H and O–H groups in total. The number of nitro benzene ring substituents is 1. The minimum absolute atomic E-state index is 0.178. The highest BCUT2D eigenvalue weighted by molar-refractivity contribution is 9.10. The van der Waals surface area contributed by atoms with E-state index in [4.69, 9.17) is 0 Å². The van der Waals surface area contributed by atoms with Crippen molar-refractivity contribution in [2.45, 2.75) is 32.7 Å². The van der Waals surface area contributed by atoms with Crippen LogP contribution in [0.1, 0.15) is 26.7 Å². The average Bonchev–Trinajstić information content (AvgIpc) is 2.90. The van der Waals surface area contributed by atoms with Crippen molar-refractivity contribution in [3.05, 3.63) is 32.8 Å². The maximum absolute atomic E-state index is 11.3. The van der Waals surface area contributed by atoms with Crippen molar-refractivity contribution in [1.29, 1.82) is 0 Å². The van der Waals surface area contributed by atoms with E-state index in [9.17, 15) is 10.1 Å². The molecule has 2 rings (SSSR count). The number of nitrogens with zero attached hydrogens (tertiary/aromatic N) is 2. The van der Waals surface area contributed by atoms with E-state index in [1.807, 2.05) is 6.07 Å².